The van der Waals surface area contributed by atoms with Gasteiger partial charge in [0.25, 0.3) is 0 Å². The number of hydrogen-bond acceptors (Lipinski definition) is 2. The molecule has 1 atom stereocenters. The van der Waals surface area contributed by atoms with Crippen LogP contribution in [0.5, 0.6) is 0 Å². The molecule has 8 heavy (non-hydrogen) atoms. The predicted molar refractivity (Wildman–Crippen MR) is 29.8 cm³/mol. The Morgan fingerprint density at radius 3 is 2.62 bits per heavy atom. The van der Waals surface area contributed by atoms with Gasteiger partial charge in [0.05, 0.1) is 0 Å². The minimum atomic E-state index is 0.445. The van der Waals surface area contributed by atoms with E-state index in [9.17, 15) is 0 Å². The second-order valence-corrected chi connectivity index (χ2v) is 5.72. The molecule has 0 bridgehead atoms. The first-order valence-electron chi connectivity index (χ1n) is 2.91. The third-order valence-electron chi connectivity index (χ3n) is 1.36. The van der Waals surface area contributed by atoms with Crippen molar-refractivity contribution < 1.29 is 21.2 Å². The zero-order valence-corrected chi connectivity index (χ0v) is 7.23. The Bertz CT molecular complexity index is 80.5. The molecule has 0 aliphatic carbocycles. The summed E-state index contributed by atoms with van der Waals surface area (Å²) in [6, 6.07) is 0. The van der Waals surface area contributed by atoms with E-state index in [-0.39, 0.29) is 0 Å². The first-order valence-corrected chi connectivity index (χ1v) is 5.51. The van der Waals surface area contributed by atoms with E-state index in [0.717, 1.165) is 0 Å². The molecule has 0 spiro atoms. The van der Waals surface area contributed by atoms with E-state index < -0.39 is 0 Å². The van der Waals surface area contributed by atoms with Crippen LogP contribution >= 0.6 is 0 Å². The van der Waals surface area contributed by atoms with Gasteiger partial charge in [-0.3, -0.25) is 0 Å². The summed E-state index contributed by atoms with van der Waals surface area (Å²) in [5, 5.41) is 0. The van der Waals surface area contributed by atoms with Crippen molar-refractivity contribution >= 4 is 0 Å². The van der Waals surface area contributed by atoms with Crippen LogP contribution in [0.3, 0.4) is 0 Å². The van der Waals surface area contributed by atoms with Gasteiger partial charge in [0.15, 0.2) is 0 Å². The molecule has 0 amide bonds. The molecule has 1 aliphatic heterocycles. The number of hydrazine groups is 1. The Balaban J connectivity index is 2.20. The van der Waals surface area contributed by atoms with E-state index in [4.69, 9.17) is 5.84 Å². The zero-order valence-electron chi connectivity index (χ0n) is 5.08. The van der Waals surface area contributed by atoms with Gasteiger partial charge in [-0.1, -0.05) is 0 Å². The number of halogens is 1. The second kappa shape index (κ2) is 2.49. The van der Waals surface area contributed by atoms with E-state index in [0.29, 0.717) is 24.8 Å². The fourth-order valence-electron chi connectivity index (χ4n) is 0.760. The standard InChI is InChI=1S/C5H12IN2/c1-2-3-5(8-7)4-6-5/h8H,2-4,7H2,1H3/q-1/t5-/m1/s1. The molecule has 0 unspecified atom stereocenters. The molecule has 3 heteroatoms. The predicted octanol–water partition coefficient (Wildman–Crippen LogP) is -2.95. The molecule has 0 aromatic carbocycles. The SMILES string of the molecule is CCC[C@@]1(NN)C[I-]1. The molecule has 1 aliphatic rings. The van der Waals surface area contributed by atoms with Crippen LogP contribution in [-0.2, 0) is 0 Å². The van der Waals surface area contributed by atoms with Gasteiger partial charge in [-0.2, -0.15) is 0 Å². The topological polar surface area (TPSA) is 38.0 Å². The summed E-state index contributed by atoms with van der Waals surface area (Å²) in [4.78, 5) is 0. The van der Waals surface area contributed by atoms with Gasteiger partial charge in [-0.05, 0) is 0 Å². The van der Waals surface area contributed by atoms with Gasteiger partial charge < -0.3 is 0 Å². The van der Waals surface area contributed by atoms with Gasteiger partial charge in [-0.25, -0.2) is 0 Å². The normalized spacial score (nSPS) is 36.2. The number of rotatable bonds is 3. The van der Waals surface area contributed by atoms with E-state index >= 15 is 0 Å². The van der Waals surface area contributed by atoms with Crippen molar-refractivity contribution in [2.24, 2.45) is 5.84 Å². The molecule has 0 aromatic rings. The Kier molecular flexibility index (Phi) is 2.11. The van der Waals surface area contributed by atoms with Gasteiger partial charge >= 0.3 is 60.2 Å². The van der Waals surface area contributed by atoms with Crippen LogP contribution < -0.4 is 32.5 Å². The Morgan fingerprint density at radius 1 is 1.88 bits per heavy atom. The van der Waals surface area contributed by atoms with Crippen molar-refractivity contribution in [3.63, 3.8) is 0 Å². The van der Waals surface area contributed by atoms with Gasteiger partial charge in [0, 0.05) is 0 Å². The summed E-state index contributed by atoms with van der Waals surface area (Å²) in [6.07, 6.45) is 2.56. The van der Waals surface area contributed by atoms with Crippen LogP contribution in [0.4, 0.5) is 0 Å². The number of nitrogens with two attached hydrogens (primary N) is 1. The molecule has 0 radical (unpaired) electrons. The van der Waals surface area contributed by atoms with Crippen LogP contribution in [-0.4, -0.2) is 7.97 Å². The molecule has 1 fully saturated rings. The van der Waals surface area contributed by atoms with Crippen LogP contribution in [0.1, 0.15) is 19.8 Å². The Morgan fingerprint density at radius 2 is 2.50 bits per heavy atom. The first kappa shape index (κ1) is 6.77. The third kappa shape index (κ3) is 1.33. The summed E-state index contributed by atoms with van der Waals surface area (Å²) in [6.45, 7) is 2.21. The van der Waals surface area contributed by atoms with Crippen molar-refractivity contribution in [2.45, 2.75) is 23.3 Å². The zero-order chi connectivity index (χ0) is 6.04. The summed E-state index contributed by atoms with van der Waals surface area (Å²) >= 11 is 0.445. The van der Waals surface area contributed by atoms with Gasteiger partial charge in [0.2, 0.25) is 0 Å². The van der Waals surface area contributed by atoms with Crippen LogP contribution in [0.15, 0.2) is 0 Å². The molecular formula is C5H12IN2-. The molecule has 50 valence electrons. The Labute approximate surface area is 60.4 Å². The quantitative estimate of drug-likeness (QED) is 0.178. The molecule has 1 rings (SSSR count). The molecule has 0 saturated carbocycles. The summed E-state index contributed by atoms with van der Waals surface area (Å²) < 4.78 is 1.86. The summed E-state index contributed by atoms with van der Waals surface area (Å²) in [5.41, 5.74) is 2.90. The van der Waals surface area contributed by atoms with E-state index in [1.54, 1.807) is 0 Å². The third-order valence-corrected chi connectivity index (χ3v) is 4.82. The van der Waals surface area contributed by atoms with E-state index in [1.807, 2.05) is 0 Å². The van der Waals surface area contributed by atoms with Gasteiger partial charge in [-0.15, -0.1) is 0 Å². The van der Waals surface area contributed by atoms with E-state index in [1.165, 1.54) is 17.3 Å². The summed E-state index contributed by atoms with van der Waals surface area (Å²) in [5.74, 6) is 5.33. The molecule has 0 aromatic heterocycles. The van der Waals surface area contributed by atoms with Crippen LogP contribution in [0.25, 0.3) is 0 Å². The minimum absolute atomic E-state index is 0.445. The van der Waals surface area contributed by atoms with Gasteiger partial charge in [0.1, 0.15) is 0 Å². The van der Waals surface area contributed by atoms with E-state index in [2.05, 4.69) is 12.3 Å². The van der Waals surface area contributed by atoms with Crippen molar-refractivity contribution in [3.8, 4) is 0 Å². The van der Waals surface area contributed by atoms with Crippen LogP contribution in [0.2, 0.25) is 0 Å². The molecule has 1 saturated heterocycles. The monoisotopic (exact) mass is 227 g/mol. The molecule has 1 heterocycles. The van der Waals surface area contributed by atoms with Crippen molar-refractivity contribution in [2.75, 3.05) is 4.43 Å². The number of nitrogens with one attached hydrogen (secondary N) is 1. The average Bonchev–Trinajstić information content (AvgIpc) is 2.50. The fourth-order valence-corrected chi connectivity index (χ4v) is 2.96. The van der Waals surface area contributed by atoms with Crippen LogP contribution in [0, 0.1) is 0 Å². The summed E-state index contributed by atoms with van der Waals surface area (Å²) in [7, 11) is 0. The molecule has 2 nitrogen and oxygen atoms in total. The average molecular weight is 227 g/mol. The number of alkyl halides is 2. The first-order chi connectivity index (χ1) is 3.83. The van der Waals surface area contributed by atoms with Crippen molar-refractivity contribution in [1.82, 2.24) is 5.43 Å². The van der Waals surface area contributed by atoms with Crippen molar-refractivity contribution in [1.29, 1.82) is 0 Å². The maximum atomic E-state index is 5.33. The second-order valence-electron chi connectivity index (χ2n) is 2.13. The fraction of sp³-hybridized carbons (Fsp3) is 1.00. The maximum absolute atomic E-state index is 5.33. The number of hydrogen-bond donors (Lipinski definition) is 2. The Hall–Kier alpha value is 0.650. The van der Waals surface area contributed by atoms with Crippen molar-refractivity contribution in [3.05, 3.63) is 0 Å². The molecule has 3 N–H and O–H groups in total. The molecular weight excluding hydrogens is 215 g/mol.